The average molecular weight is 451 g/mol. The van der Waals surface area contributed by atoms with Gasteiger partial charge in [0, 0.05) is 48.9 Å². The van der Waals surface area contributed by atoms with E-state index in [2.05, 4.69) is 32.6 Å². The SMILES string of the molecule is O=C(CN1CCN(Cc2nc(-c3ccccc3)cs2)CC1)Nc1ccc2c(c1)OCCO2. The van der Waals surface area contributed by atoms with Crippen LogP contribution in [0.4, 0.5) is 5.69 Å². The number of piperazine rings is 1. The van der Waals surface area contributed by atoms with E-state index in [1.807, 2.05) is 36.4 Å². The van der Waals surface area contributed by atoms with Gasteiger partial charge in [-0.3, -0.25) is 14.6 Å². The zero-order valence-electron chi connectivity index (χ0n) is 17.8. The minimum Gasteiger partial charge on any atom is -0.486 e. The molecule has 0 radical (unpaired) electrons. The summed E-state index contributed by atoms with van der Waals surface area (Å²) in [6.07, 6.45) is 0. The van der Waals surface area contributed by atoms with E-state index in [0.717, 1.165) is 60.4 Å². The highest BCUT2D eigenvalue weighted by Gasteiger charge is 2.20. The largest absolute Gasteiger partial charge is 0.486 e. The van der Waals surface area contributed by atoms with Crippen molar-refractivity contribution in [1.29, 1.82) is 0 Å². The van der Waals surface area contributed by atoms with Gasteiger partial charge in [-0.05, 0) is 12.1 Å². The molecule has 3 aromatic rings. The van der Waals surface area contributed by atoms with Gasteiger partial charge >= 0.3 is 0 Å². The van der Waals surface area contributed by atoms with Crippen molar-refractivity contribution in [2.45, 2.75) is 6.54 Å². The van der Waals surface area contributed by atoms with E-state index in [-0.39, 0.29) is 5.91 Å². The number of nitrogens with zero attached hydrogens (tertiary/aromatic N) is 3. The first kappa shape index (κ1) is 20.9. The fourth-order valence-corrected chi connectivity index (χ4v) is 4.79. The summed E-state index contributed by atoms with van der Waals surface area (Å²) in [4.78, 5) is 21.9. The van der Waals surface area contributed by atoms with Gasteiger partial charge in [0.1, 0.15) is 18.2 Å². The van der Waals surface area contributed by atoms with Crippen LogP contribution in [0.25, 0.3) is 11.3 Å². The Morgan fingerprint density at radius 1 is 0.969 bits per heavy atom. The number of rotatable bonds is 6. The lowest BCUT2D eigenvalue weighted by Gasteiger charge is -2.33. The molecule has 3 heterocycles. The fourth-order valence-electron chi connectivity index (χ4n) is 3.95. The van der Waals surface area contributed by atoms with E-state index in [1.54, 1.807) is 11.3 Å². The van der Waals surface area contributed by atoms with E-state index in [1.165, 1.54) is 0 Å². The summed E-state index contributed by atoms with van der Waals surface area (Å²) in [7, 11) is 0. The summed E-state index contributed by atoms with van der Waals surface area (Å²) in [6, 6.07) is 15.8. The van der Waals surface area contributed by atoms with Crippen LogP contribution in [0.3, 0.4) is 0 Å². The number of fused-ring (bicyclic) bond motifs is 1. The smallest absolute Gasteiger partial charge is 0.238 e. The normalized spacial score (nSPS) is 16.6. The molecule has 1 N–H and O–H groups in total. The molecule has 1 amide bonds. The predicted octanol–water partition coefficient (Wildman–Crippen LogP) is 3.34. The molecule has 1 fully saturated rings. The van der Waals surface area contributed by atoms with Crippen molar-refractivity contribution in [1.82, 2.24) is 14.8 Å². The Morgan fingerprint density at radius 2 is 1.72 bits per heavy atom. The molecule has 5 rings (SSSR count). The van der Waals surface area contributed by atoms with Gasteiger partial charge in [0.2, 0.25) is 5.91 Å². The molecule has 166 valence electrons. The van der Waals surface area contributed by atoms with E-state index in [0.29, 0.717) is 25.5 Å². The summed E-state index contributed by atoms with van der Waals surface area (Å²) < 4.78 is 11.1. The maximum absolute atomic E-state index is 12.5. The molecule has 0 aliphatic carbocycles. The molecule has 1 aromatic heterocycles. The van der Waals surface area contributed by atoms with Crippen LogP contribution in [0.15, 0.2) is 53.9 Å². The molecular formula is C24H26N4O3S. The Morgan fingerprint density at radius 3 is 2.53 bits per heavy atom. The molecule has 0 bridgehead atoms. The molecular weight excluding hydrogens is 424 g/mol. The molecule has 1 saturated heterocycles. The van der Waals surface area contributed by atoms with E-state index < -0.39 is 0 Å². The lowest BCUT2D eigenvalue weighted by atomic mass is 10.2. The van der Waals surface area contributed by atoms with Gasteiger partial charge < -0.3 is 14.8 Å². The predicted molar refractivity (Wildman–Crippen MR) is 125 cm³/mol. The van der Waals surface area contributed by atoms with Crippen molar-refractivity contribution in [3.63, 3.8) is 0 Å². The molecule has 0 unspecified atom stereocenters. The minimum atomic E-state index is -0.0115. The van der Waals surface area contributed by atoms with Gasteiger partial charge in [0.25, 0.3) is 0 Å². The third-order valence-corrected chi connectivity index (χ3v) is 6.47. The second kappa shape index (κ2) is 9.68. The van der Waals surface area contributed by atoms with Crippen LogP contribution in [-0.2, 0) is 11.3 Å². The first-order valence-corrected chi connectivity index (χ1v) is 11.7. The van der Waals surface area contributed by atoms with Crippen LogP contribution in [-0.4, -0.2) is 66.6 Å². The standard InChI is InChI=1S/C24H26N4O3S/c29-23(25-19-6-7-21-22(14-19)31-13-12-30-21)15-27-8-10-28(11-9-27)16-24-26-20(17-32-24)18-4-2-1-3-5-18/h1-7,14,17H,8-13,15-16H2,(H,25,29). The monoisotopic (exact) mass is 450 g/mol. The second-order valence-electron chi connectivity index (χ2n) is 7.95. The lowest BCUT2D eigenvalue weighted by Crippen LogP contribution is -2.48. The maximum atomic E-state index is 12.5. The third-order valence-electron chi connectivity index (χ3n) is 5.64. The highest BCUT2D eigenvalue weighted by atomic mass is 32.1. The molecule has 0 saturated carbocycles. The molecule has 2 aromatic carbocycles. The number of thiazole rings is 1. The molecule has 0 atom stereocenters. The summed E-state index contributed by atoms with van der Waals surface area (Å²) in [5.41, 5.74) is 2.93. The van der Waals surface area contributed by atoms with Crippen molar-refractivity contribution in [3.8, 4) is 22.8 Å². The summed E-state index contributed by atoms with van der Waals surface area (Å²) in [5.74, 6) is 1.39. The van der Waals surface area contributed by atoms with Crippen molar-refractivity contribution in [2.24, 2.45) is 0 Å². The summed E-state index contributed by atoms with van der Waals surface area (Å²) >= 11 is 1.71. The van der Waals surface area contributed by atoms with E-state index in [9.17, 15) is 4.79 Å². The second-order valence-corrected chi connectivity index (χ2v) is 8.89. The molecule has 7 nitrogen and oxygen atoms in total. The lowest BCUT2D eigenvalue weighted by molar-refractivity contribution is -0.117. The number of benzene rings is 2. The highest BCUT2D eigenvalue weighted by molar-refractivity contribution is 7.09. The van der Waals surface area contributed by atoms with Crippen LogP contribution in [0, 0.1) is 0 Å². The summed E-state index contributed by atoms with van der Waals surface area (Å²) in [5, 5.41) is 6.23. The van der Waals surface area contributed by atoms with Crippen LogP contribution in [0.5, 0.6) is 11.5 Å². The number of aromatic nitrogens is 1. The average Bonchev–Trinajstić information content (AvgIpc) is 3.29. The van der Waals surface area contributed by atoms with Crippen LogP contribution < -0.4 is 14.8 Å². The Kier molecular flexibility index (Phi) is 6.34. The molecule has 2 aliphatic rings. The third kappa shape index (κ3) is 5.09. The molecule has 2 aliphatic heterocycles. The molecule has 8 heteroatoms. The zero-order valence-corrected chi connectivity index (χ0v) is 18.6. The highest BCUT2D eigenvalue weighted by Crippen LogP contribution is 2.32. The van der Waals surface area contributed by atoms with Gasteiger partial charge in [-0.15, -0.1) is 11.3 Å². The van der Waals surface area contributed by atoms with E-state index >= 15 is 0 Å². The fraction of sp³-hybridized carbons (Fsp3) is 0.333. The van der Waals surface area contributed by atoms with Gasteiger partial charge in [-0.2, -0.15) is 0 Å². The zero-order chi connectivity index (χ0) is 21.8. The van der Waals surface area contributed by atoms with Gasteiger partial charge in [-0.1, -0.05) is 30.3 Å². The first-order chi connectivity index (χ1) is 15.7. The Bertz CT molecular complexity index is 1060. The first-order valence-electron chi connectivity index (χ1n) is 10.9. The van der Waals surface area contributed by atoms with Crippen LogP contribution >= 0.6 is 11.3 Å². The number of carbonyl (C=O) groups excluding carboxylic acids is 1. The van der Waals surface area contributed by atoms with Crippen molar-refractivity contribution >= 4 is 22.9 Å². The number of anilines is 1. The number of hydrogen-bond donors (Lipinski definition) is 1. The number of carbonyl (C=O) groups is 1. The summed E-state index contributed by atoms with van der Waals surface area (Å²) in [6.45, 7) is 5.92. The Hall–Kier alpha value is -2.94. The van der Waals surface area contributed by atoms with Crippen molar-refractivity contribution in [2.75, 3.05) is 51.3 Å². The van der Waals surface area contributed by atoms with Crippen molar-refractivity contribution in [3.05, 3.63) is 58.9 Å². The Balaban J connectivity index is 1.08. The number of ether oxygens (including phenoxy) is 2. The quantitative estimate of drug-likeness (QED) is 0.621. The van der Waals surface area contributed by atoms with Gasteiger partial charge in [-0.25, -0.2) is 4.98 Å². The van der Waals surface area contributed by atoms with Gasteiger partial charge in [0.05, 0.1) is 18.8 Å². The van der Waals surface area contributed by atoms with Gasteiger partial charge in [0.15, 0.2) is 11.5 Å². The Labute approximate surface area is 191 Å². The number of amides is 1. The maximum Gasteiger partial charge on any atom is 0.238 e. The van der Waals surface area contributed by atoms with Crippen molar-refractivity contribution < 1.29 is 14.3 Å². The number of hydrogen-bond acceptors (Lipinski definition) is 7. The minimum absolute atomic E-state index is 0.0115. The van der Waals surface area contributed by atoms with Crippen LogP contribution in [0.2, 0.25) is 0 Å². The number of nitrogens with one attached hydrogen (secondary N) is 1. The molecule has 0 spiro atoms. The van der Waals surface area contributed by atoms with E-state index in [4.69, 9.17) is 14.5 Å². The topological polar surface area (TPSA) is 66.9 Å². The van der Waals surface area contributed by atoms with Crippen LogP contribution in [0.1, 0.15) is 5.01 Å². The molecule has 32 heavy (non-hydrogen) atoms.